The van der Waals surface area contributed by atoms with Crippen LogP contribution in [0.3, 0.4) is 0 Å². The van der Waals surface area contributed by atoms with Crippen LogP contribution in [-0.4, -0.2) is 273 Å². The second-order valence-electron chi connectivity index (χ2n) is 14.0. The number of hydrogen-bond acceptors (Lipinski definition) is 26. The fourth-order valence-corrected chi connectivity index (χ4v) is 6.93. The SMILES string of the molecule is OC[C@H]1O[C@H](OC[C@H]2O[C@@H](O[C@H]3[C@H](O)[C@@H](O)[C@H](O[C@H]4[C@H](O)[C@H](O)C(O)O[C@@H]4CO)O[C@@H]3CO)[C@@H](O)[C@@H](O)[C@@H]2O[C@@H]2O[C@H](CO)[C@@H](O)[C@H](O)[C@H]2O)[C@H](O)[C@@H](O)[C@H]1O. The molecule has 5 aliphatic heterocycles. The Kier molecular flexibility index (Phi) is 16.1. The minimum atomic E-state index is -2.17. The number of rotatable bonds is 13. The van der Waals surface area contributed by atoms with Crippen LogP contribution >= 0.6 is 0 Å². The summed E-state index contributed by atoms with van der Waals surface area (Å²) in [6.45, 7) is -4.37. The van der Waals surface area contributed by atoms with Gasteiger partial charge in [-0.25, -0.2) is 0 Å². The maximum absolute atomic E-state index is 11.3. The molecule has 25 atom stereocenters. The average Bonchev–Trinajstić information content (AvgIpc) is 3.19. The van der Waals surface area contributed by atoms with Crippen molar-refractivity contribution in [2.24, 2.45) is 0 Å². The predicted octanol–water partition coefficient (Wildman–Crippen LogP) is -11.9. The quantitative estimate of drug-likeness (QED) is 0.0819. The van der Waals surface area contributed by atoms with Gasteiger partial charge >= 0.3 is 0 Å². The standard InChI is InChI=1S/C30H52O26/c31-1-6-11(35)13(37)19(43)27(50-6)48-5-10-25(56-28-20(44)14(38)12(36)7(2-32)51-28)17(41)22(46)30(53-10)55-24-9(4-34)52-29(21(45)16(24)40)54-23-8(3-33)49-26(47)18(42)15(23)39/h6-47H,1-5H2/t6-,7-,8-,9-,10-,11+,12-,13+,14+,15-,16-,17-,18+,19-,20-,21-,22+,23-,24-,25-,26?,27+,28+,29+,30+/m1/s1. The van der Waals surface area contributed by atoms with Crippen LogP contribution in [0.15, 0.2) is 0 Å². The van der Waals surface area contributed by atoms with Crippen molar-refractivity contribution in [3.05, 3.63) is 0 Å². The smallest absolute Gasteiger partial charge is 0.187 e. The van der Waals surface area contributed by atoms with E-state index in [1.54, 1.807) is 0 Å². The van der Waals surface area contributed by atoms with E-state index in [1.807, 2.05) is 0 Å². The minimum absolute atomic E-state index is 0.827. The highest BCUT2D eigenvalue weighted by atomic mass is 16.8. The highest BCUT2D eigenvalue weighted by Crippen LogP contribution is 2.35. The second kappa shape index (κ2) is 19.6. The summed E-state index contributed by atoms with van der Waals surface area (Å²) in [5.74, 6) is 0. The van der Waals surface area contributed by atoms with Gasteiger partial charge in [-0.1, -0.05) is 0 Å². The van der Waals surface area contributed by atoms with Gasteiger partial charge in [0.05, 0.1) is 33.0 Å². The van der Waals surface area contributed by atoms with E-state index in [-0.39, 0.29) is 0 Å². The largest absolute Gasteiger partial charge is 0.394 e. The molecule has 0 spiro atoms. The Hall–Kier alpha value is -1.04. The van der Waals surface area contributed by atoms with Crippen molar-refractivity contribution in [2.75, 3.05) is 33.0 Å². The first-order valence-corrected chi connectivity index (χ1v) is 17.6. The predicted molar refractivity (Wildman–Crippen MR) is 167 cm³/mol. The number of aliphatic hydroxyl groups is 17. The zero-order valence-corrected chi connectivity index (χ0v) is 29.2. The van der Waals surface area contributed by atoms with Crippen LogP contribution in [0.25, 0.3) is 0 Å². The third kappa shape index (κ3) is 9.31. The maximum atomic E-state index is 11.3. The van der Waals surface area contributed by atoms with Crippen molar-refractivity contribution < 1.29 is 129 Å². The van der Waals surface area contributed by atoms with Crippen molar-refractivity contribution >= 4 is 0 Å². The van der Waals surface area contributed by atoms with Gasteiger partial charge in [-0.3, -0.25) is 0 Å². The van der Waals surface area contributed by atoms with Gasteiger partial charge in [0.2, 0.25) is 0 Å². The van der Waals surface area contributed by atoms with E-state index in [9.17, 15) is 86.8 Å². The lowest BCUT2D eigenvalue weighted by Crippen LogP contribution is -2.67. The molecule has 0 aromatic heterocycles. The van der Waals surface area contributed by atoms with E-state index in [2.05, 4.69) is 0 Å². The lowest BCUT2D eigenvalue weighted by Gasteiger charge is -2.49. The van der Waals surface area contributed by atoms with Crippen LogP contribution in [0.1, 0.15) is 0 Å². The highest BCUT2D eigenvalue weighted by molar-refractivity contribution is 4.98. The first-order valence-electron chi connectivity index (χ1n) is 17.6. The van der Waals surface area contributed by atoms with Crippen LogP contribution in [0.5, 0.6) is 0 Å². The molecule has 0 aromatic rings. The average molecular weight is 829 g/mol. The molecule has 5 saturated heterocycles. The summed E-state index contributed by atoms with van der Waals surface area (Å²) in [4.78, 5) is 0. The fourth-order valence-electron chi connectivity index (χ4n) is 6.93. The van der Waals surface area contributed by atoms with Crippen LogP contribution in [0.4, 0.5) is 0 Å². The lowest BCUT2D eigenvalue weighted by atomic mass is 9.95. The normalized spacial score (nSPS) is 53.2. The van der Waals surface area contributed by atoms with Gasteiger partial charge in [0, 0.05) is 0 Å². The Balaban J connectivity index is 1.34. The van der Waals surface area contributed by atoms with Gasteiger partial charge in [-0.05, 0) is 0 Å². The van der Waals surface area contributed by atoms with E-state index in [0.29, 0.717) is 0 Å². The third-order valence-electron chi connectivity index (χ3n) is 10.3. The Labute approximate surface area is 316 Å². The summed E-state index contributed by atoms with van der Waals surface area (Å²) in [6, 6.07) is 0. The third-order valence-corrected chi connectivity index (χ3v) is 10.3. The van der Waals surface area contributed by atoms with Crippen LogP contribution in [-0.2, 0) is 42.6 Å². The fraction of sp³-hybridized carbons (Fsp3) is 1.00. The van der Waals surface area contributed by atoms with E-state index in [1.165, 1.54) is 0 Å². The van der Waals surface area contributed by atoms with E-state index >= 15 is 0 Å². The number of hydrogen-bond donors (Lipinski definition) is 17. The first-order chi connectivity index (χ1) is 26.5. The van der Waals surface area contributed by atoms with Crippen molar-refractivity contribution in [3.63, 3.8) is 0 Å². The van der Waals surface area contributed by atoms with Gasteiger partial charge in [-0.2, -0.15) is 0 Å². The molecule has 26 nitrogen and oxygen atoms in total. The molecule has 5 fully saturated rings. The molecule has 5 aliphatic rings. The van der Waals surface area contributed by atoms with Crippen LogP contribution in [0, 0.1) is 0 Å². The van der Waals surface area contributed by atoms with Gasteiger partial charge in [-0.15, -0.1) is 0 Å². The van der Waals surface area contributed by atoms with E-state index in [0.717, 1.165) is 0 Å². The number of ether oxygens (including phenoxy) is 9. The molecule has 26 heteroatoms. The first kappa shape index (κ1) is 46.0. The highest BCUT2D eigenvalue weighted by Gasteiger charge is 2.55. The molecule has 17 N–H and O–H groups in total. The Morgan fingerprint density at radius 3 is 1.07 bits per heavy atom. The van der Waals surface area contributed by atoms with E-state index in [4.69, 9.17) is 42.6 Å². The summed E-state index contributed by atoms with van der Waals surface area (Å²) in [7, 11) is 0. The van der Waals surface area contributed by atoms with Crippen molar-refractivity contribution in [1.29, 1.82) is 0 Å². The Morgan fingerprint density at radius 2 is 0.625 bits per heavy atom. The molecule has 0 amide bonds. The van der Waals surface area contributed by atoms with Crippen molar-refractivity contribution in [3.8, 4) is 0 Å². The topological polar surface area (TPSA) is 427 Å². The number of aliphatic hydroxyl groups excluding tert-OH is 17. The summed E-state index contributed by atoms with van der Waals surface area (Å²) >= 11 is 0. The molecular formula is C30H52O26. The van der Waals surface area contributed by atoms with Crippen LogP contribution in [0.2, 0.25) is 0 Å². The Bertz CT molecular complexity index is 1200. The molecule has 56 heavy (non-hydrogen) atoms. The summed E-state index contributed by atoms with van der Waals surface area (Å²) in [5, 5.41) is 176. The summed E-state index contributed by atoms with van der Waals surface area (Å²) < 4.78 is 49.5. The molecule has 0 aliphatic carbocycles. The van der Waals surface area contributed by atoms with Crippen molar-refractivity contribution in [1.82, 2.24) is 0 Å². The van der Waals surface area contributed by atoms with Gasteiger partial charge in [0.1, 0.15) is 122 Å². The van der Waals surface area contributed by atoms with Gasteiger partial charge < -0.3 is 129 Å². The van der Waals surface area contributed by atoms with Gasteiger partial charge in [0.25, 0.3) is 0 Å². The second-order valence-corrected chi connectivity index (χ2v) is 14.0. The Morgan fingerprint density at radius 1 is 0.304 bits per heavy atom. The molecule has 0 aromatic carbocycles. The molecular weight excluding hydrogens is 776 g/mol. The summed E-state index contributed by atoms with van der Waals surface area (Å²) in [6.07, 6.45) is -46.3. The molecule has 0 radical (unpaired) electrons. The maximum Gasteiger partial charge on any atom is 0.187 e. The zero-order chi connectivity index (χ0) is 41.3. The van der Waals surface area contributed by atoms with Gasteiger partial charge in [0.15, 0.2) is 31.5 Å². The molecule has 5 heterocycles. The molecule has 0 bridgehead atoms. The zero-order valence-electron chi connectivity index (χ0n) is 29.2. The van der Waals surface area contributed by atoms with E-state index < -0.39 is 187 Å². The summed E-state index contributed by atoms with van der Waals surface area (Å²) in [5.41, 5.74) is 0. The molecule has 5 rings (SSSR count). The molecule has 0 saturated carbocycles. The van der Waals surface area contributed by atoms with Crippen LogP contribution < -0.4 is 0 Å². The minimum Gasteiger partial charge on any atom is -0.394 e. The molecule has 1 unspecified atom stereocenters. The lowest BCUT2D eigenvalue weighted by molar-refractivity contribution is -0.391. The van der Waals surface area contributed by atoms with Crippen molar-refractivity contribution in [2.45, 2.75) is 154 Å². The molecule has 328 valence electrons. The monoisotopic (exact) mass is 828 g/mol.